The Bertz CT molecular complexity index is 796. The fraction of sp³-hybridized carbons (Fsp3) is 0.522. The minimum absolute atomic E-state index is 0.00285. The number of allylic oxidation sites excluding steroid dienone is 1. The van der Waals surface area contributed by atoms with Crippen LogP contribution >= 0.6 is 0 Å². The molecule has 1 heterocycles. The highest BCUT2D eigenvalue weighted by atomic mass is 16.5. The third kappa shape index (κ3) is 4.52. The summed E-state index contributed by atoms with van der Waals surface area (Å²) in [5.41, 5.74) is 1.63. The number of nitrogens with zero attached hydrogens (tertiary/aromatic N) is 1. The van der Waals surface area contributed by atoms with E-state index in [-0.39, 0.29) is 38.4 Å². The van der Waals surface area contributed by atoms with Crippen LogP contribution in [0.2, 0.25) is 0 Å². The number of hydrogen-bond donors (Lipinski definition) is 0. The van der Waals surface area contributed by atoms with Crippen LogP contribution in [0.15, 0.2) is 35.5 Å². The monoisotopic (exact) mass is 401 g/mol. The topological polar surface area (TPSA) is 72.9 Å². The van der Waals surface area contributed by atoms with Crippen LogP contribution in [0.25, 0.3) is 0 Å². The van der Waals surface area contributed by atoms with Gasteiger partial charge in [-0.2, -0.15) is 0 Å². The predicted octanol–water partition coefficient (Wildman–Crippen LogP) is 3.96. The van der Waals surface area contributed by atoms with Crippen molar-refractivity contribution in [3.63, 3.8) is 0 Å². The van der Waals surface area contributed by atoms with E-state index in [1.807, 2.05) is 43.0 Å². The Morgan fingerprint density at radius 1 is 1.00 bits per heavy atom. The minimum atomic E-state index is -1.43. The molecule has 0 bridgehead atoms. The second-order valence-corrected chi connectivity index (χ2v) is 7.18. The van der Waals surface area contributed by atoms with E-state index in [4.69, 9.17) is 9.47 Å². The van der Waals surface area contributed by atoms with E-state index in [9.17, 15) is 14.4 Å². The highest BCUT2D eigenvalue weighted by molar-refractivity contribution is 6.07. The number of ether oxygens (including phenoxy) is 2. The molecule has 1 aromatic carbocycles. The van der Waals surface area contributed by atoms with Crippen LogP contribution < -0.4 is 4.90 Å². The normalized spacial score (nSPS) is 19.1. The number of hydrogen-bond acceptors (Lipinski definition) is 6. The number of anilines is 1. The van der Waals surface area contributed by atoms with Gasteiger partial charge in [0.25, 0.3) is 0 Å². The van der Waals surface area contributed by atoms with Crippen molar-refractivity contribution in [2.75, 3.05) is 24.7 Å². The first-order chi connectivity index (χ1) is 13.8. The van der Waals surface area contributed by atoms with Gasteiger partial charge in [0.15, 0.2) is 5.78 Å². The van der Waals surface area contributed by atoms with Gasteiger partial charge in [0.2, 0.25) is 0 Å². The first kappa shape index (κ1) is 22.7. The van der Waals surface area contributed by atoms with Gasteiger partial charge >= 0.3 is 11.9 Å². The molecule has 0 N–H and O–H groups in total. The molecule has 0 fully saturated rings. The van der Waals surface area contributed by atoms with Crippen molar-refractivity contribution >= 4 is 23.4 Å². The zero-order valence-corrected chi connectivity index (χ0v) is 18.0. The molecule has 29 heavy (non-hydrogen) atoms. The van der Waals surface area contributed by atoms with Crippen LogP contribution in [-0.4, -0.2) is 37.5 Å². The molecule has 0 radical (unpaired) electrons. The molecule has 0 spiro atoms. The number of esters is 2. The Balaban J connectivity index is 2.69. The van der Waals surface area contributed by atoms with Gasteiger partial charge in [0, 0.05) is 30.8 Å². The highest BCUT2D eigenvalue weighted by Crippen LogP contribution is 2.42. The number of aryl methyl sites for hydroxylation is 1. The van der Waals surface area contributed by atoms with E-state index in [2.05, 4.69) is 0 Å². The molecule has 0 saturated carbocycles. The Hall–Kier alpha value is -2.63. The van der Waals surface area contributed by atoms with Crippen molar-refractivity contribution in [1.29, 1.82) is 0 Å². The standard InChI is InChI=1S/C23H31NO5/c1-6-19-18(21(26)28-8-3)14-23(20(25)7-2,22(27)29-9-4)15-24(19)17-12-10-16(5)11-13-17/h10-13H,6-9,14-15H2,1-5H3. The Kier molecular flexibility index (Phi) is 7.59. The van der Waals surface area contributed by atoms with Gasteiger partial charge in [0.05, 0.1) is 18.8 Å². The lowest BCUT2D eigenvalue weighted by atomic mass is 9.72. The first-order valence-corrected chi connectivity index (χ1v) is 10.3. The summed E-state index contributed by atoms with van der Waals surface area (Å²) < 4.78 is 10.6. The number of Topliss-reactive ketones (excluding diaryl/α,β-unsaturated/α-hetero) is 1. The maximum Gasteiger partial charge on any atom is 0.335 e. The molecule has 1 atom stereocenters. The van der Waals surface area contributed by atoms with E-state index in [0.717, 1.165) is 16.9 Å². The van der Waals surface area contributed by atoms with E-state index < -0.39 is 17.4 Å². The lowest BCUT2D eigenvalue weighted by molar-refractivity contribution is -0.160. The van der Waals surface area contributed by atoms with Gasteiger partial charge in [-0.1, -0.05) is 31.5 Å². The summed E-state index contributed by atoms with van der Waals surface area (Å²) in [7, 11) is 0. The lowest BCUT2D eigenvalue weighted by Gasteiger charge is -2.42. The van der Waals surface area contributed by atoms with Crippen LogP contribution in [0.1, 0.15) is 52.5 Å². The number of rotatable bonds is 8. The number of benzene rings is 1. The van der Waals surface area contributed by atoms with Crippen LogP contribution in [-0.2, 0) is 23.9 Å². The summed E-state index contributed by atoms with van der Waals surface area (Å²) in [6, 6.07) is 7.81. The summed E-state index contributed by atoms with van der Waals surface area (Å²) in [5, 5.41) is 0. The largest absolute Gasteiger partial charge is 0.465 e. The average molecular weight is 402 g/mol. The van der Waals surface area contributed by atoms with Gasteiger partial charge in [-0.05, 0) is 39.3 Å². The summed E-state index contributed by atoms with van der Waals surface area (Å²) in [4.78, 5) is 40.8. The molecular formula is C23H31NO5. The first-order valence-electron chi connectivity index (χ1n) is 10.3. The van der Waals surface area contributed by atoms with Gasteiger partial charge in [-0.25, -0.2) is 4.79 Å². The maximum atomic E-state index is 13.1. The Morgan fingerprint density at radius 3 is 2.14 bits per heavy atom. The molecule has 6 nitrogen and oxygen atoms in total. The van der Waals surface area contributed by atoms with Gasteiger partial charge < -0.3 is 14.4 Å². The van der Waals surface area contributed by atoms with Crippen LogP contribution in [0.4, 0.5) is 5.69 Å². The average Bonchev–Trinajstić information content (AvgIpc) is 2.72. The summed E-state index contributed by atoms with van der Waals surface area (Å²) >= 11 is 0. The fourth-order valence-corrected chi connectivity index (χ4v) is 3.82. The van der Waals surface area contributed by atoms with Crippen molar-refractivity contribution in [2.24, 2.45) is 5.41 Å². The highest BCUT2D eigenvalue weighted by Gasteiger charge is 2.52. The smallest absolute Gasteiger partial charge is 0.335 e. The molecule has 0 aliphatic carbocycles. The Morgan fingerprint density at radius 2 is 1.62 bits per heavy atom. The number of carbonyl (C=O) groups excluding carboxylic acids is 3. The predicted molar refractivity (Wildman–Crippen MR) is 111 cm³/mol. The van der Waals surface area contributed by atoms with E-state index in [1.165, 1.54) is 0 Å². The van der Waals surface area contributed by atoms with Gasteiger partial charge in [-0.3, -0.25) is 9.59 Å². The van der Waals surface area contributed by atoms with Crippen molar-refractivity contribution in [3.05, 3.63) is 41.1 Å². The number of carbonyl (C=O) groups is 3. The number of ketones is 1. The van der Waals surface area contributed by atoms with Crippen molar-refractivity contribution in [1.82, 2.24) is 0 Å². The molecule has 1 unspecified atom stereocenters. The fourth-order valence-electron chi connectivity index (χ4n) is 3.82. The summed E-state index contributed by atoms with van der Waals surface area (Å²) in [6.45, 7) is 9.65. The molecule has 0 aromatic heterocycles. The lowest BCUT2D eigenvalue weighted by Crippen LogP contribution is -2.53. The molecule has 158 valence electrons. The molecule has 0 amide bonds. The molecular weight excluding hydrogens is 370 g/mol. The summed E-state index contributed by atoms with van der Waals surface area (Å²) in [5.74, 6) is -1.30. The third-order valence-corrected chi connectivity index (χ3v) is 5.30. The van der Waals surface area contributed by atoms with Crippen molar-refractivity contribution in [2.45, 2.75) is 53.9 Å². The van der Waals surface area contributed by atoms with E-state index >= 15 is 0 Å². The van der Waals surface area contributed by atoms with Crippen LogP contribution in [0, 0.1) is 12.3 Å². The molecule has 1 aliphatic heterocycles. The van der Waals surface area contributed by atoms with E-state index in [1.54, 1.807) is 20.8 Å². The quantitative estimate of drug-likeness (QED) is 0.485. The van der Waals surface area contributed by atoms with Crippen molar-refractivity contribution < 1.29 is 23.9 Å². The molecule has 0 saturated heterocycles. The third-order valence-electron chi connectivity index (χ3n) is 5.30. The van der Waals surface area contributed by atoms with Crippen molar-refractivity contribution in [3.8, 4) is 0 Å². The van der Waals surface area contributed by atoms with E-state index in [0.29, 0.717) is 12.0 Å². The molecule has 1 aromatic rings. The summed E-state index contributed by atoms with van der Waals surface area (Å²) in [6.07, 6.45) is 0.752. The zero-order chi connectivity index (χ0) is 21.6. The zero-order valence-electron chi connectivity index (χ0n) is 18.0. The molecule has 1 aliphatic rings. The van der Waals surface area contributed by atoms with Gasteiger partial charge in [-0.15, -0.1) is 0 Å². The minimum Gasteiger partial charge on any atom is -0.465 e. The second kappa shape index (κ2) is 9.72. The molecule has 6 heteroatoms. The maximum absolute atomic E-state index is 13.1. The Labute approximate surface area is 172 Å². The van der Waals surface area contributed by atoms with Crippen LogP contribution in [0.5, 0.6) is 0 Å². The molecule has 2 rings (SSSR count). The second-order valence-electron chi connectivity index (χ2n) is 7.18. The van der Waals surface area contributed by atoms with Crippen LogP contribution in [0.3, 0.4) is 0 Å². The SMILES string of the molecule is CCOC(=O)C1=C(CC)N(c2ccc(C)cc2)CC(C(=O)CC)(C(=O)OCC)C1. The van der Waals surface area contributed by atoms with Gasteiger partial charge in [0.1, 0.15) is 5.41 Å².